The van der Waals surface area contributed by atoms with E-state index in [-0.39, 0.29) is 0 Å². The van der Waals surface area contributed by atoms with E-state index in [0.29, 0.717) is 5.69 Å². The van der Waals surface area contributed by atoms with E-state index in [4.69, 9.17) is 4.74 Å². The summed E-state index contributed by atoms with van der Waals surface area (Å²) in [6, 6.07) is 15.6. The molecule has 0 bridgehead atoms. The van der Waals surface area contributed by atoms with Crippen LogP contribution in [0.1, 0.15) is 26.3 Å². The molecule has 26 heavy (non-hydrogen) atoms. The van der Waals surface area contributed by atoms with Crippen molar-refractivity contribution in [2.75, 3.05) is 5.32 Å². The van der Waals surface area contributed by atoms with E-state index < -0.39 is 23.8 Å². The van der Waals surface area contributed by atoms with Gasteiger partial charge in [-0.3, -0.25) is 15.1 Å². The average molecular weight is 351 g/mol. The van der Waals surface area contributed by atoms with Crippen molar-refractivity contribution in [3.63, 3.8) is 0 Å². The van der Waals surface area contributed by atoms with Crippen LogP contribution >= 0.6 is 0 Å². The smallest absolute Gasteiger partial charge is 0.409 e. The highest BCUT2D eigenvalue weighted by Crippen LogP contribution is 2.26. The Balaban J connectivity index is 1.78. The lowest BCUT2D eigenvalue weighted by Gasteiger charge is -2.21. The molecule has 1 atom stereocenters. The third-order valence-electron chi connectivity index (χ3n) is 3.68. The second kappa shape index (κ2) is 7.00. The monoisotopic (exact) mass is 351 g/mol. The minimum absolute atomic E-state index is 0.420. The van der Waals surface area contributed by atoms with Gasteiger partial charge in [-0.1, -0.05) is 42.5 Å². The summed E-state index contributed by atoms with van der Waals surface area (Å²) in [6.45, 7) is 5.26. The Morgan fingerprint density at radius 2 is 1.85 bits per heavy atom. The molecule has 1 heterocycles. The van der Waals surface area contributed by atoms with E-state index >= 15 is 0 Å². The zero-order valence-electron chi connectivity index (χ0n) is 14.9. The highest BCUT2D eigenvalue weighted by molar-refractivity contribution is 6.04. The molecular formula is C20H21N3O3. The number of nitrogens with one attached hydrogen (secondary N) is 2. The minimum Gasteiger partial charge on any atom is -0.444 e. The van der Waals surface area contributed by atoms with Gasteiger partial charge in [-0.05, 0) is 38.0 Å². The molecule has 1 aliphatic rings. The number of nitrogens with zero attached hydrogens (tertiary/aromatic N) is 1. The van der Waals surface area contributed by atoms with Gasteiger partial charge in [-0.25, -0.2) is 4.79 Å². The van der Waals surface area contributed by atoms with Crippen molar-refractivity contribution in [1.29, 1.82) is 0 Å². The van der Waals surface area contributed by atoms with E-state index in [0.717, 1.165) is 16.7 Å². The zero-order valence-corrected chi connectivity index (χ0v) is 14.9. The topological polar surface area (TPSA) is 79.8 Å². The maximum absolute atomic E-state index is 12.4. The Morgan fingerprint density at radius 3 is 2.54 bits per heavy atom. The Hall–Kier alpha value is -3.15. The summed E-state index contributed by atoms with van der Waals surface area (Å²) in [7, 11) is 0. The van der Waals surface area contributed by atoms with Gasteiger partial charge in [-0.15, -0.1) is 0 Å². The lowest BCUT2D eigenvalue weighted by atomic mass is 10.0. The van der Waals surface area contributed by atoms with Gasteiger partial charge in [-0.2, -0.15) is 0 Å². The molecule has 0 aliphatic carbocycles. The highest BCUT2D eigenvalue weighted by atomic mass is 16.6. The molecule has 134 valence electrons. The molecule has 2 N–H and O–H groups in total. The number of hydrogen-bond acceptors (Lipinski definition) is 4. The van der Waals surface area contributed by atoms with Gasteiger partial charge >= 0.3 is 6.09 Å². The first-order valence-electron chi connectivity index (χ1n) is 8.35. The number of aliphatic imine (C=N–C) groups is 1. The largest absolute Gasteiger partial charge is 0.444 e. The zero-order chi connectivity index (χ0) is 18.7. The van der Waals surface area contributed by atoms with Gasteiger partial charge in [0.15, 0.2) is 0 Å². The molecule has 0 aromatic heterocycles. The van der Waals surface area contributed by atoms with Gasteiger partial charge in [0.05, 0.1) is 5.69 Å². The molecule has 0 radical (unpaired) electrons. The number of benzodiazepines with no additional fused rings is 1. The lowest BCUT2D eigenvalue weighted by molar-refractivity contribution is -0.118. The number of rotatable bonds is 2. The quantitative estimate of drug-likeness (QED) is 0.868. The molecule has 0 saturated heterocycles. The predicted molar refractivity (Wildman–Crippen MR) is 101 cm³/mol. The van der Waals surface area contributed by atoms with E-state index in [9.17, 15) is 9.59 Å². The van der Waals surface area contributed by atoms with Crippen molar-refractivity contribution < 1.29 is 14.3 Å². The van der Waals surface area contributed by atoms with Crippen LogP contribution in [0.3, 0.4) is 0 Å². The number of amides is 2. The molecule has 1 aliphatic heterocycles. The fraction of sp³-hybridized carbons (Fsp3) is 0.250. The normalized spacial score (nSPS) is 16.3. The van der Waals surface area contributed by atoms with Crippen LogP contribution < -0.4 is 10.6 Å². The van der Waals surface area contributed by atoms with Crippen LogP contribution in [0.4, 0.5) is 10.5 Å². The number of hydrogen-bond donors (Lipinski definition) is 2. The summed E-state index contributed by atoms with van der Waals surface area (Å²) in [5.74, 6) is -0.420. The Labute approximate surface area is 152 Å². The van der Waals surface area contributed by atoms with Gasteiger partial charge in [0.25, 0.3) is 5.91 Å². The van der Waals surface area contributed by atoms with Crippen molar-refractivity contribution >= 4 is 23.9 Å². The third kappa shape index (κ3) is 4.27. The van der Waals surface area contributed by atoms with Crippen LogP contribution in [0.15, 0.2) is 53.5 Å². The van der Waals surface area contributed by atoms with E-state index in [2.05, 4.69) is 15.6 Å². The number of alkyl carbamates (subject to hydrolysis) is 1. The van der Waals surface area contributed by atoms with Gasteiger partial charge < -0.3 is 10.1 Å². The molecule has 2 aromatic carbocycles. The SMILES string of the molecule is CC(C)(C)OC(=O)NC1N=Cc2ccc(-c3ccccc3)cc2NC1=O. The van der Waals surface area contributed by atoms with Crippen molar-refractivity contribution in [2.24, 2.45) is 4.99 Å². The van der Waals surface area contributed by atoms with Gasteiger partial charge in [0.2, 0.25) is 6.17 Å². The van der Waals surface area contributed by atoms with Crippen LogP contribution in [0.2, 0.25) is 0 Å². The number of carbonyl (C=O) groups is 2. The standard InChI is InChI=1S/C20H21N3O3/c1-20(2,3)26-19(25)23-17-18(24)22-16-11-14(9-10-15(16)12-21-17)13-7-5-4-6-8-13/h4-12,17H,1-3H3,(H,22,24)(H,23,25). The van der Waals surface area contributed by atoms with Crippen LogP contribution in [-0.2, 0) is 9.53 Å². The highest BCUT2D eigenvalue weighted by Gasteiger charge is 2.25. The molecule has 0 spiro atoms. The summed E-state index contributed by atoms with van der Waals surface area (Å²) in [4.78, 5) is 28.5. The molecule has 2 aromatic rings. The maximum atomic E-state index is 12.4. The molecule has 0 saturated carbocycles. The van der Waals surface area contributed by atoms with Crippen molar-refractivity contribution in [2.45, 2.75) is 32.5 Å². The fourth-order valence-electron chi connectivity index (χ4n) is 2.53. The third-order valence-corrected chi connectivity index (χ3v) is 3.68. The summed E-state index contributed by atoms with van der Waals surface area (Å²) < 4.78 is 5.18. The molecular weight excluding hydrogens is 330 g/mol. The van der Waals surface area contributed by atoms with Crippen molar-refractivity contribution in [3.8, 4) is 11.1 Å². The number of anilines is 1. The maximum Gasteiger partial charge on any atom is 0.409 e. The van der Waals surface area contributed by atoms with E-state index in [1.807, 2.05) is 48.5 Å². The second-order valence-corrected chi connectivity index (χ2v) is 6.98. The Bertz CT molecular complexity index is 854. The molecule has 6 nitrogen and oxygen atoms in total. The van der Waals surface area contributed by atoms with Gasteiger partial charge in [0.1, 0.15) is 5.60 Å². The van der Waals surface area contributed by atoms with E-state index in [1.165, 1.54) is 0 Å². The first-order chi connectivity index (χ1) is 12.3. The van der Waals surface area contributed by atoms with Gasteiger partial charge in [0, 0.05) is 11.8 Å². The summed E-state index contributed by atoms with van der Waals surface area (Å²) in [6.07, 6.45) is -0.160. The minimum atomic E-state index is -1.04. The number of carbonyl (C=O) groups excluding carboxylic acids is 2. The molecule has 3 rings (SSSR count). The van der Waals surface area contributed by atoms with Crippen LogP contribution in [0.5, 0.6) is 0 Å². The number of benzene rings is 2. The Morgan fingerprint density at radius 1 is 1.12 bits per heavy atom. The first kappa shape index (κ1) is 17.7. The van der Waals surface area contributed by atoms with Crippen LogP contribution in [0, 0.1) is 0 Å². The first-order valence-corrected chi connectivity index (χ1v) is 8.35. The van der Waals surface area contributed by atoms with Crippen LogP contribution in [-0.4, -0.2) is 30.0 Å². The summed E-state index contributed by atoms with van der Waals surface area (Å²) in [5, 5.41) is 5.29. The molecule has 0 fully saturated rings. The molecule has 2 amide bonds. The number of fused-ring (bicyclic) bond motifs is 1. The predicted octanol–water partition coefficient (Wildman–Crippen LogP) is 3.58. The van der Waals surface area contributed by atoms with Crippen molar-refractivity contribution in [3.05, 3.63) is 54.1 Å². The second-order valence-electron chi connectivity index (χ2n) is 6.98. The Kier molecular flexibility index (Phi) is 4.75. The molecule has 1 unspecified atom stereocenters. The number of ether oxygens (including phenoxy) is 1. The molecule has 6 heteroatoms. The average Bonchev–Trinajstić information content (AvgIpc) is 2.72. The summed E-state index contributed by atoms with van der Waals surface area (Å²) in [5.41, 5.74) is 2.80. The van der Waals surface area contributed by atoms with E-state index in [1.54, 1.807) is 27.0 Å². The van der Waals surface area contributed by atoms with Crippen molar-refractivity contribution in [1.82, 2.24) is 5.32 Å². The van der Waals surface area contributed by atoms with Crippen LogP contribution in [0.25, 0.3) is 11.1 Å². The fourth-order valence-corrected chi connectivity index (χ4v) is 2.53. The lowest BCUT2D eigenvalue weighted by Crippen LogP contribution is -2.44. The summed E-state index contributed by atoms with van der Waals surface area (Å²) >= 11 is 0.